The molecule has 1 rings (SSSR count). The Hall–Kier alpha value is -1.91. The molecule has 0 aromatic heterocycles. The Morgan fingerprint density at radius 2 is 2.12 bits per heavy atom. The highest BCUT2D eigenvalue weighted by Gasteiger charge is 2.12. The Bertz CT molecular complexity index is 379. The third kappa shape index (κ3) is 2.79. The molecule has 0 saturated heterocycles. The first kappa shape index (κ1) is 12.2. The zero-order valence-electron chi connectivity index (χ0n) is 9.61. The topological polar surface area (TPSA) is 73.6 Å². The van der Waals surface area contributed by atoms with Gasteiger partial charge in [-0.05, 0) is 19.1 Å². The van der Waals surface area contributed by atoms with Crippen LogP contribution in [0.15, 0.2) is 18.2 Å². The van der Waals surface area contributed by atoms with Crippen LogP contribution >= 0.6 is 0 Å². The fourth-order valence-corrected chi connectivity index (χ4v) is 1.29. The minimum Gasteiger partial charge on any atom is -0.495 e. The highest BCUT2D eigenvalue weighted by Crippen LogP contribution is 2.25. The summed E-state index contributed by atoms with van der Waals surface area (Å²) in [6.07, 6.45) is 0. The van der Waals surface area contributed by atoms with E-state index < -0.39 is 6.04 Å². The number of methoxy groups -OCH3 is 2. The predicted molar refractivity (Wildman–Crippen MR) is 62.5 cm³/mol. The summed E-state index contributed by atoms with van der Waals surface area (Å²) in [4.78, 5) is 11.2. The molecule has 5 heteroatoms. The first-order valence-electron chi connectivity index (χ1n) is 4.86. The molecule has 3 N–H and O–H groups in total. The van der Waals surface area contributed by atoms with Crippen molar-refractivity contribution in [1.29, 1.82) is 0 Å². The molecule has 16 heavy (non-hydrogen) atoms. The molecule has 0 aliphatic carbocycles. The van der Waals surface area contributed by atoms with Crippen molar-refractivity contribution in [2.45, 2.75) is 13.0 Å². The van der Waals surface area contributed by atoms with Crippen LogP contribution in [-0.2, 0) is 9.53 Å². The lowest BCUT2D eigenvalue weighted by molar-refractivity contribution is -0.141. The second-order valence-electron chi connectivity index (χ2n) is 3.35. The molecule has 0 aliphatic heterocycles. The van der Waals surface area contributed by atoms with Crippen molar-refractivity contribution in [3.8, 4) is 5.75 Å². The SMILES string of the molecule is COC(=O)C(C)Nc1ccc(N)c(OC)c1. The van der Waals surface area contributed by atoms with Crippen molar-refractivity contribution in [3.63, 3.8) is 0 Å². The summed E-state index contributed by atoms with van der Waals surface area (Å²) in [5.41, 5.74) is 6.98. The molecule has 88 valence electrons. The Morgan fingerprint density at radius 3 is 2.69 bits per heavy atom. The largest absolute Gasteiger partial charge is 0.495 e. The van der Waals surface area contributed by atoms with Crippen LogP contribution in [0.3, 0.4) is 0 Å². The second kappa shape index (κ2) is 5.25. The molecule has 1 atom stereocenters. The van der Waals surface area contributed by atoms with Crippen LogP contribution in [0.5, 0.6) is 5.75 Å². The van der Waals surface area contributed by atoms with E-state index in [0.29, 0.717) is 11.4 Å². The zero-order chi connectivity index (χ0) is 12.1. The normalized spacial score (nSPS) is 11.7. The second-order valence-corrected chi connectivity index (χ2v) is 3.35. The van der Waals surface area contributed by atoms with Gasteiger partial charge >= 0.3 is 5.97 Å². The van der Waals surface area contributed by atoms with E-state index in [1.165, 1.54) is 7.11 Å². The molecule has 0 spiro atoms. The third-order valence-electron chi connectivity index (χ3n) is 2.17. The third-order valence-corrected chi connectivity index (χ3v) is 2.17. The van der Waals surface area contributed by atoms with Crippen LogP contribution in [0.25, 0.3) is 0 Å². The number of hydrogen-bond acceptors (Lipinski definition) is 5. The van der Waals surface area contributed by atoms with Crippen LogP contribution in [0, 0.1) is 0 Å². The smallest absolute Gasteiger partial charge is 0.327 e. The number of nitrogen functional groups attached to an aromatic ring is 1. The number of anilines is 2. The van der Waals surface area contributed by atoms with Gasteiger partial charge in [0, 0.05) is 11.8 Å². The van der Waals surface area contributed by atoms with E-state index in [2.05, 4.69) is 10.1 Å². The Morgan fingerprint density at radius 1 is 1.44 bits per heavy atom. The van der Waals surface area contributed by atoms with Gasteiger partial charge in [-0.1, -0.05) is 0 Å². The summed E-state index contributed by atoms with van der Waals surface area (Å²) in [6, 6.07) is 4.80. The lowest BCUT2D eigenvalue weighted by Crippen LogP contribution is -2.27. The zero-order valence-corrected chi connectivity index (χ0v) is 9.61. The van der Waals surface area contributed by atoms with Gasteiger partial charge in [-0.15, -0.1) is 0 Å². The summed E-state index contributed by atoms with van der Waals surface area (Å²) in [5, 5.41) is 2.98. The Labute approximate surface area is 94.5 Å². The van der Waals surface area contributed by atoms with Crippen LogP contribution < -0.4 is 15.8 Å². The minimum atomic E-state index is -0.418. The van der Waals surface area contributed by atoms with Crippen LogP contribution in [0.1, 0.15) is 6.92 Å². The first-order valence-corrected chi connectivity index (χ1v) is 4.86. The molecule has 0 heterocycles. The van der Waals surface area contributed by atoms with Gasteiger partial charge in [0.05, 0.1) is 19.9 Å². The molecule has 5 nitrogen and oxygen atoms in total. The van der Waals surface area contributed by atoms with Gasteiger partial charge in [-0.25, -0.2) is 4.79 Å². The van der Waals surface area contributed by atoms with Crippen molar-refractivity contribution < 1.29 is 14.3 Å². The summed E-state index contributed by atoms with van der Waals surface area (Å²) < 4.78 is 9.68. The Balaban J connectivity index is 2.78. The number of benzene rings is 1. The number of carbonyl (C=O) groups excluding carboxylic acids is 1. The molecule has 1 unspecified atom stereocenters. The van der Waals surface area contributed by atoms with Gasteiger partial charge in [0.2, 0.25) is 0 Å². The molecule has 0 fully saturated rings. The number of rotatable bonds is 4. The maximum atomic E-state index is 11.2. The number of ether oxygens (including phenoxy) is 2. The van der Waals surface area contributed by atoms with Crippen LogP contribution in [0.2, 0.25) is 0 Å². The van der Waals surface area contributed by atoms with Crippen molar-refractivity contribution in [2.24, 2.45) is 0 Å². The maximum absolute atomic E-state index is 11.2. The molecule has 1 aromatic carbocycles. The molecule has 0 saturated carbocycles. The predicted octanol–water partition coefficient (Wildman–Crippen LogP) is 1.25. The van der Waals surface area contributed by atoms with Crippen LogP contribution in [0.4, 0.5) is 11.4 Å². The number of hydrogen-bond donors (Lipinski definition) is 2. The van der Waals surface area contributed by atoms with E-state index in [-0.39, 0.29) is 5.97 Å². The number of nitrogens with two attached hydrogens (primary N) is 1. The average molecular weight is 224 g/mol. The summed E-state index contributed by atoms with van der Waals surface area (Å²) >= 11 is 0. The van der Waals surface area contributed by atoms with E-state index in [1.807, 2.05) is 0 Å². The van der Waals surface area contributed by atoms with E-state index in [1.54, 1.807) is 32.2 Å². The van der Waals surface area contributed by atoms with E-state index in [4.69, 9.17) is 10.5 Å². The van der Waals surface area contributed by atoms with Gasteiger partial charge in [-0.3, -0.25) is 0 Å². The molecule has 0 bridgehead atoms. The summed E-state index contributed by atoms with van der Waals surface area (Å²) in [7, 11) is 2.89. The number of nitrogens with one attached hydrogen (secondary N) is 1. The quantitative estimate of drug-likeness (QED) is 0.594. The van der Waals surface area contributed by atoms with Crippen molar-refractivity contribution in [2.75, 3.05) is 25.3 Å². The van der Waals surface area contributed by atoms with E-state index >= 15 is 0 Å². The molecule has 0 amide bonds. The van der Waals surface area contributed by atoms with Gasteiger partial charge < -0.3 is 20.5 Å². The maximum Gasteiger partial charge on any atom is 0.327 e. The highest BCUT2D eigenvalue weighted by atomic mass is 16.5. The standard InChI is InChI=1S/C11H16N2O3/c1-7(11(14)16-3)13-8-4-5-9(12)10(6-8)15-2/h4-7,13H,12H2,1-3H3. The molecule has 0 radical (unpaired) electrons. The van der Waals surface area contributed by atoms with E-state index in [0.717, 1.165) is 5.69 Å². The Kier molecular flexibility index (Phi) is 3.99. The highest BCUT2D eigenvalue weighted by molar-refractivity contribution is 5.79. The fourth-order valence-electron chi connectivity index (χ4n) is 1.29. The van der Waals surface area contributed by atoms with Crippen LogP contribution in [-0.4, -0.2) is 26.2 Å². The van der Waals surface area contributed by atoms with E-state index in [9.17, 15) is 4.79 Å². The minimum absolute atomic E-state index is 0.323. The molecular weight excluding hydrogens is 208 g/mol. The molecule has 0 aliphatic rings. The summed E-state index contributed by atoms with van der Waals surface area (Å²) in [6.45, 7) is 1.72. The van der Waals surface area contributed by atoms with Crippen molar-refractivity contribution >= 4 is 17.3 Å². The van der Waals surface area contributed by atoms with Crippen molar-refractivity contribution in [1.82, 2.24) is 0 Å². The fraction of sp³-hybridized carbons (Fsp3) is 0.364. The van der Waals surface area contributed by atoms with Gasteiger partial charge in [0.25, 0.3) is 0 Å². The monoisotopic (exact) mass is 224 g/mol. The lowest BCUT2D eigenvalue weighted by Gasteiger charge is -2.14. The van der Waals surface area contributed by atoms with Crippen molar-refractivity contribution in [3.05, 3.63) is 18.2 Å². The number of carbonyl (C=O) groups is 1. The summed E-state index contributed by atoms with van der Waals surface area (Å²) in [5.74, 6) is 0.248. The molecule has 1 aromatic rings. The van der Waals surface area contributed by atoms with Gasteiger partial charge in [-0.2, -0.15) is 0 Å². The average Bonchev–Trinajstić information content (AvgIpc) is 2.30. The van der Waals surface area contributed by atoms with Gasteiger partial charge in [0.1, 0.15) is 11.8 Å². The lowest BCUT2D eigenvalue weighted by atomic mass is 10.2. The number of esters is 1. The molecular formula is C11H16N2O3. The first-order chi connectivity index (χ1) is 7.58. The van der Waals surface area contributed by atoms with Gasteiger partial charge in [0.15, 0.2) is 0 Å².